The fourth-order valence-corrected chi connectivity index (χ4v) is 6.55. The van der Waals surface area contributed by atoms with Crippen molar-refractivity contribution in [2.45, 2.75) is 22.1 Å². The molecule has 2 aromatic carbocycles. The minimum atomic E-state index is -3.78. The third kappa shape index (κ3) is 2.84. The maximum Gasteiger partial charge on any atom is 0.244 e. The summed E-state index contributed by atoms with van der Waals surface area (Å²) in [6.45, 7) is 0.498. The number of sulfonamides is 1. The van der Waals surface area contributed by atoms with E-state index in [0.717, 1.165) is 5.56 Å². The second-order valence-electron chi connectivity index (χ2n) is 6.21. The topological polar surface area (TPSA) is 89.5 Å². The van der Waals surface area contributed by atoms with Crippen LogP contribution in [-0.4, -0.2) is 35.7 Å². The van der Waals surface area contributed by atoms with Crippen LogP contribution in [0.5, 0.6) is 5.75 Å². The predicted molar refractivity (Wildman–Crippen MR) is 92.1 cm³/mol. The highest BCUT2D eigenvalue weighted by Crippen LogP contribution is 2.35. The Kier molecular flexibility index (Phi) is 3.86. The summed E-state index contributed by atoms with van der Waals surface area (Å²) in [4.78, 5) is 0.403. The maximum atomic E-state index is 12.7. The van der Waals surface area contributed by atoms with E-state index in [9.17, 15) is 16.8 Å². The van der Waals surface area contributed by atoms with Crippen LogP contribution in [0, 0.1) is 0 Å². The molecule has 25 heavy (non-hydrogen) atoms. The minimum absolute atomic E-state index is 0.0300. The van der Waals surface area contributed by atoms with Crippen molar-refractivity contribution in [2.75, 3.05) is 18.9 Å². The van der Waals surface area contributed by atoms with E-state index in [2.05, 4.69) is 4.72 Å². The smallest absolute Gasteiger partial charge is 0.244 e. The molecule has 0 aromatic heterocycles. The number of para-hydroxylation sites is 1. The fourth-order valence-electron chi connectivity index (χ4n) is 3.40. The van der Waals surface area contributed by atoms with Gasteiger partial charge in [-0.15, -0.1) is 0 Å². The summed E-state index contributed by atoms with van der Waals surface area (Å²) in [7, 11) is -7.14. The van der Waals surface area contributed by atoms with Crippen LogP contribution in [0.15, 0.2) is 52.3 Å². The molecule has 1 atom stereocenters. The van der Waals surface area contributed by atoms with Gasteiger partial charge in [0.2, 0.25) is 10.0 Å². The average molecular weight is 379 g/mol. The molecule has 1 N–H and O–H groups in total. The predicted octanol–water partition coefficient (Wildman–Crippen LogP) is 1.47. The van der Waals surface area contributed by atoms with Crippen molar-refractivity contribution >= 4 is 19.9 Å². The molecule has 1 unspecified atom stereocenters. The van der Waals surface area contributed by atoms with Crippen molar-refractivity contribution in [2.24, 2.45) is 0 Å². The van der Waals surface area contributed by atoms with Crippen LogP contribution in [-0.2, 0) is 26.3 Å². The molecule has 0 spiro atoms. The van der Waals surface area contributed by atoms with E-state index in [-0.39, 0.29) is 17.2 Å². The number of hydrogen-bond acceptors (Lipinski definition) is 5. The molecule has 2 heterocycles. The molecule has 8 heteroatoms. The highest BCUT2D eigenvalue weighted by molar-refractivity contribution is 7.91. The summed E-state index contributed by atoms with van der Waals surface area (Å²) in [5.74, 6) is -0.0822. The molecule has 0 saturated carbocycles. The van der Waals surface area contributed by atoms with Gasteiger partial charge in [0.05, 0.1) is 17.3 Å². The molecule has 0 bridgehead atoms. The molecule has 0 saturated heterocycles. The first-order chi connectivity index (χ1) is 11.9. The molecule has 0 fully saturated rings. The molecule has 2 aliphatic heterocycles. The Morgan fingerprint density at radius 2 is 1.92 bits per heavy atom. The summed E-state index contributed by atoms with van der Waals surface area (Å²) in [6.07, 6.45) is 0.687. The molecule has 0 radical (unpaired) electrons. The van der Waals surface area contributed by atoms with E-state index < -0.39 is 25.8 Å². The van der Waals surface area contributed by atoms with Crippen molar-refractivity contribution < 1.29 is 21.6 Å². The molecular weight excluding hydrogens is 362 g/mol. The standard InChI is InChI=1S/C17H17NO5S2/c19-24(20)11-13(14-5-1-2-6-15(14)24)10-18-25(21,22)16-7-3-4-12-8-9-23-17(12)16/h1-7,13,18H,8-11H2. The lowest BCUT2D eigenvalue weighted by atomic mass is 10.0. The zero-order valence-electron chi connectivity index (χ0n) is 13.3. The van der Waals surface area contributed by atoms with Crippen molar-refractivity contribution in [3.05, 3.63) is 53.6 Å². The number of rotatable bonds is 4. The molecule has 4 rings (SSSR count). The summed E-state index contributed by atoms with van der Waals surface area (Å²) >= 11 is 0. The van der Waals surface area contributed by atoms with Gasteiger partial charge in [-0.3, -0.25) is 0 Å². The van der Waals surface area contributed by atoms with Crippen molar-refractivity contribution in [1.29, 1.82) is 0 Å². The van der Waals surface area contributed by atoms with E-state index in [0.29, 0.717) is 29.2 Å². The molecule has 2 aliphatic rings. The molecule has 2 aromatic rings. The van der Waals surface area contributed by atoms with Gasteiger partial charge in [-0.1, -0.05) is 30.3 Å². The normalized spacial score (nSPS) is 20.7. The largest absolute Gasteiger partial charge is 0.492 e. The van der Waals surface area contributed by atoms with Crippen molar-refractivity contribution in [3.8, 4) is 5.75 Å². The van der Waals surface area contributed by atoms with Gasteiger partial charge < -0.3 is 4.74 Å². The van der Waals surface area contributed by atoms with Gasteiger partial charge in [0.15, 0.2) is 9.84 Å². The lowest BCUT2D eigenvalue weighted by Crippen LogP contribution is -2.29. The van der Waals surface area contributed by atoms with Crippen LogP contribution < -0.4 is 9.46 Å². The molecule has 6 nitrogen and oxygen atoms in total. The van der Waals surface area contributed by atoms with Crippen LogP contribution >= 0.6 is 0 Å². The van der Waals surface area contributed by atoms with Gasteiger partial charge in [0.25, 0.3) is 0 Å². The molecule has 0 amide bonds. The Hall–Kier alpha value is -1.90. The third-order valence-corrected chi connectivity index (χ3v) is 7.93. The minimum Gasteiger partial charge on any atom is -0.492 e. The number of hydrogen-bond donors (Lipinski definition) is 1. The van der Waals surface area contributed by atoms with E-state index >= 15 is 0 Å². The third-order valence-electron chi connectivity index (χ3n) is 4.60. The lowest BCUT2D eigenvalue weighted by molar-refractivity contribution is 0.348. The maximum absolute atomic E-state index is 12.7. The number of sulfone groups is 1. The van der Waals surface area contributed by atoms with Crippen molar-refractivity contribution in [1.82, 2.24) is 4.72 Å². The molecular formula is C17H17NO5S2. The Bertz CT molecular complexity index is 1040. The van der Waals surface area contributed by atoms with Crippen LogP contribution in [0.1, 0.15) is 17.0 Å². The summed E-state index contributed by atoms with van der Waals surface area (Å²) < 4.78 is 57.8. The van der Waals surface area contributed by atoms with Gasteiger partial charge in [-0.05, 0) is 23.3 Å². The fraction of sp³-hybridized carbons (Fsp3) is 0.294. The van der Waals surface area contributed by atoms with Crippen LogP contribution in [0.3, 0.4) is 0 Å². The lowest BCUT2D eigenvalue weighted by Gasteiger charge is -2.13. The zero-order chi connectivity index (χ0) is 17.7. The Morgan fingerprint density at radius 1 is 1.12 bits per heavy atom. The zero-order valence-corrected chi connectivity index (χ0v) is 14.9. The van der Waals surface area contributed by atoms with E-state index in [1.165, 1.54) is 6.07 Å². The van der Waals surface area contributed by atoms with Crippen LogP contribution in [0.4, 0.5) is 0 Å². The first-order valence-electron chi connectivity index (χ1n) is 7.94. The van der Waals surface area contributed by atoms with Gasteiger partial charge in [0.1, 0.15) is 10.6 Å². The first-order valence-corrected chi connectivity index (χ1v) is 11.1. The first kappa shape index (κ1) is 16.6. The second-order valence-corrected chi connectivity index (χ2v) is 9.95. The van der Waals surface area contributed by atoms with Gasteiger partial charge >= 0.3 is 0 Å². The highest BCUT2D eigenvalue weighted by Gasteiger charge is 2.35. The SMILES string of the molecule is O=S1(=O)CC(CNS(=O)(=O)c2cccc3c2OCC3)c2ccccc21. The van der Waals surface area contributed by atoms with Gasteiger partial charge in [-0.2, -0.15) is 0 Å². The second kappa shape index (κ2) is 5.82. The highest BCUT2D eigenvalue weighted by atomic mass is 32.2. The summed E-state index contributed by atoms with van der Waals surface area (Å²) in [6, 6.07) is 11.8. The number of fused-ring (bicyclic) bond motifs is 2. The van der Waals surface area contributed by atoms with Gasteiger partial charge in [-0.25, -0.2) is 21.6 Å². The monoisotopic (exact) mass is 379 g/mol. The Balaban J connectivity index is 1.59. The molecule has 0 aliphatic carbocycles. The Labute approximate surface area is 146 Å². The van der Waals surface area contributed by atoms with Crippen LogP contribution in [0.2, 0.25) is 0 Å². The van der Waals surface area contributed by atoms with E-state index in [1.807, 2.05) is 6.07 Å². The summed E-state index contributed by atoms with van der Waals surface area (Å²) in [5, 5.41) is 0. The van der Waals surface area contributed by atoms with E-state index in [4.69, 9.17) is 4.74 Å². The van der Waals surface area contributed by atoms with Gasteiger partial charge in [0, 0.05) is 18.9 Å². The number of ether oxygens (including phenoxy) is 1. The quantitative estimate of drug-likeness (QED) is 0.869. The summed E-state index contributed by atoms with van der Waals surface area (Å²) in [5.41, 5.74) is 1.54. The van der Waals surface area contributed by atoms with Crippen LogP contribution in [0.25, 0.3) is 0 Å². The molecule has 132 valence electrons. The van der Waals surface area contributed by atoms with Crippen molar-refractivity contribution in [3.63, 3.8) is 0 Å². The Morgan fingerprint density at radius 3 is 2.76 bits per heavy atom. The number of benzene rings is 2. The number of nitrogens with one attached hydrogen (secondary N) is 1. The van der Waals surface area contributed by atoms with E-state index in [1.54, 1.807) is 30.3 Å². The average Bonchev–Trinajstić information content (AvgIpc) is 3.16.